The van der Waals surface area contributed by atoms with E-state index in [1.807, 2.05) is 0 Å². The van der Waals surface area contributed by atoms with Gasteiger partial charge in [0.25, 0.3) is 0 Å². The van der Waals surface area contributed by atoms with Gasteiger partial charge >= 0.3 is 12.1 Å². The molecule has 1 heterocycles. The maximum atomic E-state index is 11.2. The van der Waals surface area contributed by atoms with Crippen molar-refractivity contribution in [3.63, 3.8) is 0 Å². The number of hydrogen-bond donors (Lipinski definition) is 1. The summed E-state index contributed by atoms with van der Waals surface area (Å²) in [6.45, 7) is 5.70. The number of hydrogen-bond acceptors (Lipinski definition) is 4. The first-order valence-electron chi connectivity index (χ1n) is 5.03. The Morgan fingerprint density at radius 1 is 1.60 bits per heavy atom. The molecule has 86 valence electrons. The van der Waals surface area contributed by atoms with Gasteiger partial charge in [0, 0.05) is 6.42 Å². The lowest BCUT2D eigenvalue weighted by Gasteiger charge is -2.20. The fraction of sp³-hybridized carbons (Fsp3) is 0.800. The Labute approximate surface area is 89.1 Å². The van der Waals surface area contributed by atoms with Crippen LogP contribution in [0.15, 0.2) is 0 Å². The molecule has 0 bridgehead atoms. The molecule has 1 aliphatic heterocycles. The van der Waals surface area contributed by atoms with Gasteiger partial charge in [-0.05, 0) is 27.2 Å². The molecule has 0 aromatic carbocycles. The topological polar surface area (TPSA) is 64.6 Å². The summed E-state index contributed by atoms with van der Waals surface area (Å²) in [4.78, 5) is 22.0. The molecule has 5 nitrogen and oxygen atoms in total. The van der Waals surface area contributed by atoms with Crippen LogP contribution in [0.2, 0.25) is 0 Å². The molecule has 1 N–H and O–H groups in total. The molecule has 0 unspecified atom stereocenters. The molecule has 5 heteroatoms. The van der Waals surface area contributed by atoms with Crippen LogP contribution in [0.3, 0.4) is 0 Å². The van der Waals surface area contributed by atoms with E-state index in [1.54, 1.807) is 20.8 Å². The minimum absolute atomic E-state index is 0.203. The van der Waals surface area contributed by atoms with Crippen LogP contribution in [0.1, 0.15) is 33.6 Å². The Balaban J connectivity index is 2.20. The fourth-order valence-corrected chi connectivity index (χ4v) is 1.24. The number of carbonyl (C=O) groups excluding carboxylic acids is 2. The van der Waals surface area contributed by atoms with Gasteiger partial charge in [-0.25, -0.2) is 4.79 Å². The molecular formula is C10H17NO4. The van der Waals surface area contributed by atoms with Crippen molar-refractivity contribution in [3.05, 3.63) is 0 Å². The van der Waals surface area contributed by atoms with Gasteiger partial charge in [0.05, 0.1) is 6.54 Å². The Hall–Kier alpha value is -1.26. The first kappa shape index (κ1) is 11.8. The average molecular weight is 215 g/mol. The molecule has 1 rings (SSSR count). The average Bonchev–Trinajstić information content (AvgIpc) is 2.45. The van der Waals surface area contributed by atoms with Gasteiger partial charge < -0.3 is 14.8 Å². The predicted octanol–water partition coefficient (Wildman–Crippen LogP) is 1.22. The van der Waals surface area contributed by atoms with E-state index in [4.69, 9.17) is 9.47 Å². The summed E-state index contributed by atoms with van der Waals surface area (Å²) in [7, 11) is 0. The lowest BCUT2D eigenvalue weighted by atomic mass is 10.2. The maximum absolute atomic E-state index is 11.2. The van der Waals surface area contributed by atoms with E-state index in [-0.39, 0.29) is 12.1 Å². The van der Waals surface area contributed by atoms with E-state index >= 15 is 0 Å². The zero-order valence-corrected chi connectivity index (χ0v) is 9.33. The molecular weight excluding hydrogens is 198 g/mol. The van der Waals surface area contributed by atoms with Crippen molar-refractivity contribution >= 4 is 12.1 Å². The van der Waals surface area contributed by atoms with E-state index in [9.17, 15) is 9.59 Å². The van der Waals surface area contributed by atoms with Gasteiger partial charge in [0.15, 0.2) is 0 Å². The number of cyclic esters (lactones) is 1. The number of carbonyl (C=O) groups is 2. The predicted molar refractivity (Wildman–Crippen MR) is 53.4 cm³/mol. The van der Waals surface area contributed by atoms with Gasteiger partial charge in [0.2, 0.25) is 0 Å². The van der Waals surface area contributed by atoms with Crippen LogP contribution < -0.4 is 5.32 Å². The van der Waals surface area contributed by atoms with Crippen LogP contribution in [-0.4, -0.2) is 30.3 Å². The highest BCUT2D eigenvalue weighted by Crippen LogP contribution is 2.13. The second-order valence-electron chi connectivity index (χ2n) is 4.53. The number of amides is 1. The number of ether oxygens (including phenoxy) is 2. The second-order valence-corrected chi connectivity index (χ2v) is 4.53. The molecule has 0 aliphatic carbocycles. The van der Waals surface area contributed by atoms with Gasteiger partial charge in [-0.1, -0.05) is 0 Å². The van der Waals surface area contributed by atoms with Gasteiger partial charge in [-0.15, -0.1) is 0 Å². The third-order valence-corrected chi connectivity index (χ3v) is 1.84. The van der Waals surface area contributed by atoms with Crippen LogP contribution in [0, 0.1) is 0 Å². The van der Waals surface area contributed by atoms with Crippen molar-refractivity contribution in [3.8, 4) is 0 Å². The van der Waals surface area contributed by atoms with Crippen molar-refractivity contribution in [1.29, 1.82) is 0 Å². The Kier molecular flexibility index (Phi) is 3.55. The largest absolute Gasteiger partial charge is 0.460 e. The zero-order valence-electron chi connectivity index (χ0n) is 9.33. The molecule has 0 aromatic heterocycles. The standard InChI is InChI=1S/C10H17NO4/c1-10(2,3)15-9(13)11-6-7-4-5-8(12)14-7/h7H,4-6H2,1-3H3,(H,11,13)/t7-/m0/s1. The summed E-state index contributed by atoms with van der Waals surface area (Å²) in [5.74, 6) is -0.203. The molecule has 0 saturated carbocycles. The number of alkyl carbamates (subject to hydrolysis) is 1. The first-order chi connectivity index (χ1) is 6.87. The Bertz CT molecular complexity index is 257. The molecule has 15 heavy (non-hydrogen) atoms. The first-order valence-corrected chi connectivity index (χ1v) is 5.03. The normalized spacial score (nSPS) is 21.0. The Morgan fingerprint density at radius 2 is 2.27 bits per heavy atom. The monoisotopic (exact) mass is 215 g/mol. The molecule has 1 saturated heterocycles. The number of esters is 1. The lowest BCUT2D eigenvalue weighted by molar-refractivity contribution is -0.141. The van der Waals surface area contributed by atoms with Gasteiger partial charge in [-0.2, -0.15) is 0 Å². The highest BCUT2D eigenvalue weighted by Gasteiger charge is 2.24. The maximum Gasteiger partial charge on any atom is 0.407 e. The lowest BCUT2D eigenvalue weighted by Crippen LogP contribution is -2.36. The summed E-state index contributed by atoms with van der Waals surface area (Å²) in [5.41, 5.74) is -0.504. The third-order valence-electron chi connectivity index (χ3n) is 1.84. The van der Waals surface area contributed by atoms with E-state index in [0.29, 0.717) is 19.4 Å². The van der Waals surface area contributed by atoms with Crippen molar-refractivity contribution in [2.75, 3.05) is 6.54 Å². The highest BCUT2D eigenvalue weighted by molar-refractivity contribution is 5.72. The van der Waals surface area contributed by atoms with E-state index in [1.165, 1.54) is 0 Å². The SMILES string of the molecule is CC(C)(C)OC(=O)NC[C@@H]1CCC(=O)O1. The summed E-state index contributed by atoms with van der Waals surface area (Å²) in [5, 5.41) is 2.56. The van der Waals surface area contributed by atoms with E-state index < -0.39 is 11.7 Å². The summed E-state index contributed by atoms with van der Waals surface area (Å²) in [6, 6.07) is 0. The van der Waals surface area contributed by atoms with Crippen LogP contribution in [0.4, 0.5) is 4.79 Å². The van der Waals surface area contributed by atoms with Crippen LogP contribution in [-0.2, 0) is 14.3 Å². The number of nitrogens with one attached hydrogen (secondary N) is 1. The highest BCUT2D eigenvalue weighted by atomic mass is 16.6. The minimum Gasteiger partial charge on any atom is -0.460 e. The van der Waals surface area contributed by atoms with E-state index in [0.717, 1.165) is 0 Å². The Morgan fingerprint density at radius 3 is 2.73 bits per heavy atom. The summed E-state index contributed by atoms with van der Waals surface area (Å²) >= 11 is 0. The van der Waals surface area contributed by atoms with Crippen molar-refractivity contribution in [2.24, 2.45) is 0 Å². The molecule has 1 fully saturated rings. The van der Waals surface area contributed by atoms with Gasteiger partial charge in [-0.3, -0.25) is 4.79 Å². The van der Waals surface area contributed by atoms with E-state index in [2.05, 4.69) is 5.32 Å². The zero-order chi connectivity index (χ0) is 11.5. The van der Waals surface area contributed by atoms with Crippen LogP contribution >= 0.6 is 0 Å². The van der Waals surface area contributed by atoms with Crippen molar-refractivity contribution in [2.45, 2.75) is 45.3 Å². The smallest absolute Gasteiger partial charge is 0.407 e. The molecule has 1 aliphatic rings. The van der Waals surface area contributed by atoms with Crippen LogP contribution in [0.25, 0.3) is 0 Å². The van der Waals surface area contributed by atoms with Gasteiger partial charge in [0.1, 0.15) is 11.7 Å². The molecule has 1 atom stereocenters. The van der Waals surface area contributed by atoms with Crippen molar-refractivity contribution in [1.82, 2.24) is 5.32 Å². The molecule has 0 radical (unpaired) electrons. The van der Waals surface area contributed by atoms with Crippen molar-refractivity contribution < 1.29 is 19.1 Å². The molecule has 1 amide bonds. The minimum atomic E-state index is -0.504. The fourth-order valence-electron chi connectivity index (χ4n) is 1.24. The quantitative estimate of drug-likeness (QED) is 0.703. The third kappa shape index (κ3) is 4.67. The van der Waals surface area contributed by atoms with Crippen LogP contribution in [0.5, 0.6) is 0 Å². The molecule has 0 aromatic rings. The summed E-state index contributed by atoms with van der Waals surface area (Å²) in [6.07, 6.45) is 0.408. The number of rotatable bonds is 2. The second kappa shape index (κ2) is 4.51. The summed E-state index contributed by atoms with van der Waals surface area (Å²) < 4.78 is 9.97. The molecule has 0 spiro atoms.